The van der Waals surface area contributed by atoms with E-state index >= 15 is 0 Å². The second-order valence-corrected chi connectivity index (χ2v) is 6.08. The lowest BCUT2D eigenvalue weighted by Gasteiger charge is -2.48. The second-order valence-electron chi connectivity index (χ2n) is 5.65. The maximum Gasteiger partial charge on any atom is 0.0406 e. The van der Waals surface area contributed by atoms with Crippen LogP contribution < -0.4 is 5.32 Å². The van der Waals surface area contributed by atoms with Crippen molar-refractivity contribution in [1.29, 1.82) is 0 Å². The molecule has 0 spiro atoms. The van der Waals surface area contributed by atoms with E-state index in [1.54, 1.807) is 0 Å². The topological polar surface area (TPSA) is 12.0 Å². The van der Waals surface area contributed by atoms with Crippen molar-refractivity contribution in [3.63, 3.8) is 0 Å². The normalized spacial score (nSPS) is 26.9. The van der Waals surface area contributed by atoms with Gasteiger partial charge in [0.15, 0.2) is 0 Å². The molecule has 2 heteroatoms. The van der Waals surface area contributed by atoms with Crippen LogP contribution in [0, 0.1) is 5.92 Å². The van der Waals surface area contributed by atoms with Crippen LogP contribution in [0.25, 0.3) is 0 Å². The summed E-state index contributed by atoms with van der Waals surface area (Å²) in [6, 6.07) is 8.47. The Balaban J connectivity index is 2.08. The van der Waals surface area contributed by atoms with Crippen LogP contribution in [-0.4, -0.2) is 13.1 Å². The SMILES string of the molecule is CCCNCC1(c2ccc(Cl)cc2)CC(CC)C1. The molecule has 0 radical (unpaired) electrons. The predicted octanol–water partition coefficient (Wildman–Crippen LogP) is 4.40. The zero-order chi connectivity index (χ0) is 13.0. The molecule has 1 saturated carbocycles. The van der Waals surface area contributed by atoms with Crippen molar-refractivity contribution in [3.05, 3.63) is 34.9 Å². The number of halogens is 1. The van der Waals surface area contributed by atoms with Crippen molar-refractivity contribution in [2.45, 2.75) is 44.9 Å². The molecule has 0 bridgehead atoms. The van der Waals surface area contributed by atoms with Crippen molar-refractivity contribution in [3.8, 4) is 0 Å². The molecular formula is C16H24ClN. The van der Waals surface area contributed by atoms with Crippen LogP contribution in [0.1, 0.15) is 45.1 Å². The van der Waals surface area contributed by atoms with E-state index in [-0.39, 0.29) is 0 Å². The molecule has 0 amide bonds. The van der Waals surface area contributed by atoms with Crippen molar-refractivity contribution in [1.82, 2.24) is 5.32 Å². The highest BCUT2D eigenvalue weighted by Crippen LogP contribution is 2.48. The summed E-state index contributed by atoms with van der Waals surface area (Å²) in [5, 5.41) is 4.44. The molecule has 0 saturated heterocycles. The zero-order valence-electron chi connectivity index (χ0n) is 11.5. The average Bonchev–Trinajstić information content (AvgIpc) is 2.34. The van der Waals surface area contributed by atoms with Gasteiger partial charge in [-0.25, -0.2) is 0 Å². The molecule has 0 aromatic heterocycles. The summed E-state index contributed by atoms with van der Waals surface area (Å²) in [5.74, 6) is 0.907. The van der Waals surface area contributed by atoms with Crippen LogP contribution >= 0.6 is 11.6 Å². The summed E-state index contributed by atoms with van der Waals surface area (Å²) in [6.45, 7) is 6.75. The molecule has 0 unspecified atom stereocenters. The molecule has 0 aliphatic heterocycles. The predicted molar refractivity (Wildman–Crippen MR) is 79.3 cm³/mol. The molecule has 100 valence electrons. The van der Waals surface area contributed by atoms with Crippen LogP contribution in [0.2, 0.25) is 5.02 Å². The van der Waals surface area contributed by atoms with E-state index < -0.39 is 0 Å². The van der Waals surface area contributed by atoms with Crippen LogP contribution in [0.5, 0.6) is 0 Å². The van der Waals surface area contributed by atoms with E-state index in [2.05, 4.69) is 31.3 Å². The smallest absolute Gasteiger partial charge is 0.0406 e. The third kappa shape index (κ3) is 2.89. The Kier molecular flexibility index (Phi) is 4.69. The van der Waals surface area contributed by atoms with E-state index in [1.807, 2.05) is 12.1 Å². The molecule has 1 N–H and O–H groups in total. The summed E-state index contributed by atoms with van der Waals surface area (Å²) in [6.07, 6.45) is 5.15. The Bertz CT molecular complexity index is 365. The van der Waals surface area contributed by atoms with Crippen molar-refractivity contribution in [2.24, 2.45) is 5.92 Å². The molecule has 2 rings (SSSR count). The molecule has 0 heterocycles. The Hall–Kier alpha value is -0.530. The highest BCUT2D eigenvalue weighted by Gasteiger charge is 2.43. The van der Waals surface area contributed by atoms with E-state index in [0.29, 0.717) is 5.41 Å². The fourth-order valence-electron chi connectivity index (χ4n) is 3.12. The van der Waals surface area contributed by atoms with E-state index in [0.717, 1.165) is 24.0 Å². The molecule has 1 aromatic carbocycles. The van der Waals surface area contributed by atoms with Gasteiger partial charge in [-0.05, 0) is 49.4 Å². The van der Waals surface area contributed by atoms with Crippen molar-refractivity contribution in [2.75, 3.05) is 13.1 Å². The largest absolute Gasteiger partial charge is 0.316 e. The monoisotopic (exact) mass is 265 g/mol. The molecule has 1 aliphatic rings. The Morgan fingerprint density at radius 2 is 1.89 bits per heavy atom. The molecular weight excluding hydrogens is 242 g/mol. The van der Waals surface area contributed by atoms with Crippen molar-refractivity contribution < 1.29 is 0 Å². The number of hydrogen-bond donors (Lipinski definition) is 1. The van der Waals surface area contributed by atoms with Gasteiger partial charge in [0.25, 0.3) is 0 Å². The number of nitrogens with one attached hydrogen (secondary N) is 1. The first kappa shape index (κ1) is 13.9. The third-order valence-corrected chi connectivity index (χ3v) is 4.53. The van der Waals surface area contributed by atoms with Crippen LogP contribution in [0.3, 0.4) is 0 Å². The zero-order valence-corrected chi connectivity index (χ0v) is 12.3. The van der Waals surface area contributed by atoms with Gasteiger partial charge in [0.2, 0.25) is 0 Å². The Morgan fingerprint density at radius 1 is 1.22 bits per heavy atom. The van der Waals surface area contributed by atoms with Gasteiger partial charge in [0.1, 0.15) is 0 Å². The lowest BCUT2D eigenvalue weighted by molar-refractivity contribution is 0.134. The molecule has 1 aliphatic carbocycles. The average molecular weight is 266 g/mol. The highest BCUT2D eigenvalue weighted by atomic mass is 35.5. The van der Waals surface area contributed by atoms with Gasteiger partial charge in [0.05, 0.1) is 0 Å². The minimum absolute atomic E-state index is 0.362. The summed E-state index contributed by atoms with van der Waals surface area (Å²) < 4.78 is 0. The van der Waals surface area contributed by atoms with Gasteiger partial charge < -0.3 is 5.32 Å². The Labute approximate surface area is 116 Å². The lowest BCUT2D eigenvalue weighted by Crippen LogP contribution is -2.48. The quantitative estimate of drug-likeness (QED) is 0.752. The lowest BCUT2D eigenvalue weighted by atomic mass is 9.58. The van der Waals surface area contributed by atoms with Gasteiger partial charge >= 0.3 is 0 Å². The molecule has 0 atom stereocenters. The third-order valence-electron chi connectivity index (χ3n) is 4.28. The summed E-state index contributed by atoms with van der Waals surface area (Å²) in [4.78, 5) is 0. The van der Waals surface area contributed by atoms with E-state index in [9.17, 15) is 0 Å². The van der Waals surface area contributed by atoms with Crippen LogP contribution in [0.15, 0.2) is 24.3 Å². The summed E-state index contributed by atoms with van der Waals surface area (Å²) in [5.41, 5.74) is 1.82. The highest BCUT2D eigenvalue weighted by molar-refractivity contribution is 6.30. The fourth-order valence-corrected chi connectivity index (χ4v) is 3.25. The van der Waals surface area contributed by atoms with Gasteiger partial charge in [-0.2, -0.15) is 0 Å². The standard InChI is InChI=1S/C16H24ClN/c1-3-9-18-12-16(10-13(4-2)11-16)14-5-7-15(17)8-6-14/h5-8,13,18H,3-4,9-12H2,1-2H3. The summed E-state index contributed by atoms with van der Waals surface area (Å²) >= 11 is 5.99. The van der Waals surface area contributed by atoms with E-state index in [4.69, 9.17) is 11.6 Å². The minimum Gasteiger partial charge on any atom is -0.316 e. The second kappa shape index (κ2) is 6.08. The maximum absolute atomic E-state index is 5.99. The molecule has 1 nitrogen and oxygen atoms in total. The van der Waals surface area contributed by atoms with Crippen LogP contribution in [-0.2, 0) is 5.41 Å². The molecule has 18 heavy (non-hydrogen) atoms. The van der Waals surface area contributed by atoms with E-state index in [1.165, 1.54) is 31.2 Å². The van der Waals surface area contributed by atoms with Gasteiger partial charge in [0, 0.05) is 17.0 Å². The minimum atomic E-state index is 0.362. The Morgan fingerprint density at radius 3 is 2.44 bits per heavy atom. The van der Waals surface area contributed by atoms with Crippen LogP contribution in [0.4, 0.5) is 0 Å². The first-order valence-corrected chi connectivity index (χ1v) is 7.55. The van der Waals surface area contributed by atoms with Crippen molar-refractivity contribution >= 4 is 11.6 Å². The van der Waals surface area contributed by atoms with Gasteiger partial charge in [-0.3, -0.25) is 0 Å². The number of hydrogen-bond acceptors (Lipinski definition) is 1. The van der Waals surface area contributed by atoms with Gasteiger partial charge in [-0.15, -0.1) is 0 Å². The summed E-state index contributed by atoms with van der Waals surface area (Å²) in [7, 11) is 0. The fraction of sp³-hybridized carbons (Fsp3) is 0.625. The maximum atomic E-state index is 5.99. The molecule has 1 fully saturated rings. The number of rotatable bonds is 6. The first-order valence-electron chi connectivity index (χ1n) is 7.17. The first-order chi connectivity index (χ1) is 8.70. The number of benzene rings is 1. The van der Waals surface area contributed by atoms with Gasteiger partial charge in [-0.1, -0.05) is 44.0 Å². The molecule has 1 aromatic rings.